The molecule has 4 nitrogen and oxygen atoms in total. The second kappa shape index (κ2) is 8.03. The smallest absolute Gasteiger partial charge is 0.240 e. The lowest BCUT2D eigenvalue weighted by Crippen LogP contribution is -2.34. The highest BCUT2D eigenvalue weighted by molar-refractivity contribution is 6.08. The maximum atomic E-state index is 14.5. The Morgan fingerprint density at radius 3 is 2.24 bits per heavy atom. The summed E-state index contributed by atoms with van der Waals surface area (Å²) in [6.07, 6.45) is 0.722. The number of nitrogens with zero attached hydrogens (tertiary/aromatic N) is 1. The van der Waals surface area contributed by atoms with Gasteiger partial charge < -0.3 is 9.84 Å². The highest BCUT2D eigenvalue weighted by atomic mass is 19.1. The van der Waals surface area contributed by atoms with Crippen LogP contribution in [0.1, 0.15) is 39.8 Å². The third-order valence-electron chi connectivity index (χ3n) is 6.69. The van der Waals surface area contributed by atoms with Crippen molar-refractivity contribution in [1.82, 2.24) is 0 Å². The van der Waals surface area contributed by atoms with Gasteiger partial charge in [0, 0.05) is 18.1 Å². The molecule has 0 radical (unpaired) electrons. The van der Waals surface area contributed by atoms with Crippen molar-refractivity contribution in [2.45, 2.75) is 18.4 Å². The molecule has 168 valence electrons. The van der Waals surface area contributed by atoms with Crippen LogP contribution in [0, 0.1) is 5.82 Å². The molecule has 2 heterocycles. The van der Waals surface area contributed by atoms with Crippen LogP contribution in [0.3, 0.4) is 0 Å². The summed E-state index contributed by atoms with van der Waals surface area (Å²) >= 11 is 0. The van der Waals surface area contributed by atoms with E-state index in [1.165, 1.54) is 12.1 Å². The van der Waals surface area contributed by atoms with Gasteiger partial charge in [0.2, 0.25) is 5.91 Å². The fraction of sp³-hybridized carbons (Fsp3) is 0.138. The standard InChI is InChI=1S/C29H22FNO3/c30-21-11-12-22-24(16-21)31(28(18-7-3-1-4-8-18)19-9-5-2-6-10-19)29(33)27(22)23-15-20-13-14-34-26(20)17-25(23)32/h1-12,15-17,27-28,32H,13-14H2. The summed E-state index contributed by atoms with van der Waals surface area (Å²) in [5.74, 6) is -0.700. The molecule has 4 aromatic rings. The van der Waals surface area contributed by atoms with Gasteiger partial charge in [-0.1, -0.05) is 66.7 Å². The van der Waals surface area contributed by atoms with Gasteiger partial charge in [0.05, 0.1) is 24.3 Å². The van der Waals surface area contributed by atoms with Crippen LogP contribution in [-0.4, -0.2) is 17.6 Å². The SMILES string of the molecule is O=C1C(c2cc3c(cc2O)OCC3)c2ccc(F)cc2N1C(c1ccccc1)c1ccccc1. The van der Waals surface area contributed by atoms with E-state index in [0.29, 0.717) is 29.2 Å². The van der Waals surface area contributed by atoms with Gasteiger partial charge in [-0.15, -0.1) is 0 Å². The van der Waals surface area contributed by atoms with E-state index in [9.17, 15) is 14.3 Å². The average molecular weight is 451 g/mol. The maximum absolute atomic E-state index is 14.5. The van der Waals surface area contributed by atoms with Crippen molar-refractivity contribution in [2.75, 3.05) is 11.5 Å². The molecule has 1 N–H and O–H groups in total. The highest BCUT2D eigenvalue weighted by Gasteiger charge is 2.44. The Balaban J connectivity index is 1.55. The second-order valence-corrected chi connectivity index (χ2v) is 8.69. The Labute approximate surface area is 196 Å². The Morgan fingerprint density at radius 2 is 1.56 bits per heavy atom. The third kappa shape index (κ3) is 3.24. The highest BCUT2D eigenvalue weighted by Crippen LogP contribution is 2.49. The van der Waals surface area contributed by atoms with Gasteiger partial charge in [-0.3, -0.25) is 9.69 Å². The van der Waals surface area contributed by atoms with Gasteiger partial charge >= 0.3 is 0 Å². The summed E-state index contributed by atoms with van der Waals surface area (Å²) in [6, 6.07) is 26.9. The summed E-state index contributed by atoms with van der Waals surface area (Å²) < 4.78 is 20.1. The van der Waals surface area contributed by atoms with Crippen molar-refractivity contribution in [3.05, 3.63) is 125 Å². The maximum Gasteiger partial charge on any atom is 0.240 e. The van der Waals surface area contributed by atoms with Crippen molar-refractivity contribution in [3.63, 3.8) is 0 Å². The number of anilines is 1. The molecule has 0 saturated carbocycles. The van der Waals surface area contributed by atoms with Crippen molar-refractivity contribution < 1.29 is 19.0 Å². The minimum atomic E-state index is -0.739. The Hall–Kier alpha value is -4.12. The predicted octanol–water partition coefficient (Wildman–Crippen LogP) is 5.73. The van der Waals surface area contributed by atoms with Crippen molar-refractivity contribution in [3.8, 4) is 11.5 Å². The zero-order valence-electron chi connectivity index (χ0n) is 18.3. The van der Waals surface area contributed by atoms with E-state index in [1.807, 2.05) is 66.7 Å². The van der Waals surface area contributed by atoms with Gasteiger partial charge in [0.25, 0.3) is 0 Å². The zero-order chi connectivity index (χ0) is 23.2. The Morgan fingerprint density at radius 1 is 0.882 bits per heavy atom. The number of benzene rings is 4. The number of rotatable bonds is 4. The number of hydrogen-bond acceptors (Lipinski definition) is 3. The summed E-state index contributed by atoms with van der Waals surface area (Å²) in [6.45, 7) is 0.550. The van der Waals surface area contributed by atoms with Crippen LogP contribution in [0.15, 0.2) is 91.0 Å². The molecule has 1 amide bonds. The lowest BCUT2D eigenvalue weighted by atomic mass is 9.90. The molecule has 0 bridgehead atoms. The quantitative estimate of drug-likeness (QED) is 0.431. The molecule has 0 aromatic heterocycles. The summed E-state index contributed by atoms with van der Waals surface area (Å²) in [5, 5.41) is 10.9. The molecule has 6 rings (SSSR count). The molecule has 1 unspecified atom stereocenters. The number of fused-ring (bicyclic) bond motifs is 2. The van der Waals surface area contributed by atoms with E-state index in [1.54, 1.807) is 17.0 Å². The van der Waals surface area contributed by atoms with Crippen molar-refractivity contribution in [1.29, 1.82) is 0 Å². The summed E-state index contributed by atoms with van der Waals surface area (Å²) in [4.78, 5) is 15.9. The number of carbonyl (C=O) groups is 1. The first-order chi connectivity index (χ1) is 16.6. The van der Waals surface area contributed by atoms with E-state index in [-0.39, 0.29) is 11.7 Å². The molecule has 1 atom stereocenters. The van der Waals surface area contributed by atoms with E-state index in [4.69, 9.17) is 4.74 Å². The predicted molar refractivity (Wildman–Crippen MR) is 128 cm³/mol. The number of hydrogen-bond donors (Lipinski definition) is 1. The van der Waals surface area contributed by atoms with Crippen molar-refractivity contribution in [2.24, 2.45) is 0 Å². The van der Waals surface area contributed by atoms with Crippen LogP contribution in [0.25, 0.3) is 0 Å². The fourth-order valence-electron chi connectivity index (χ4n) is 5.15. The zero-order valence-corrected chi connectivity index (χ0v) is 18.3. The monoisotopic (exact) mass is 451 g/mol. The molecule has 2 aliphatic heterocycles. The van der Waals surface area contributed by atoms with Gasteiger partial charge in [0.1, 0.15) is 17.3 Å². The number of phenolic OH excluding ortho intramolecular Hbond substituents is 1. The minimum absolute atomic E-state index is 0.00657. The molecular formula is C29H22FNO3. The van der Waals surface area contributed by atoms with E-state index < -0.39 is 17.8 Å². The number of carbonyl (C=O) groups excluding carboxylic acids is 1. The second-order valence-electron chi connectivity index (χ2n) is 8.69. The molecule has 0 fully saturated rings. The van der Waals surface area contributed by atoms with Crippen molar-refractivity contribution >= 4 is 11.6 Å². The number of aromatic hydroxyl groups is 1. The van der Waals surface area contributed by atoms with Gasteiger partial charge in [-0.05, 0) is 40.5 Å². The lowest BCUT2D eigenvalue weighted by Gasteiger charge is -2.30. The van der Waals surface area contributed by atoms with Crippen LogP contribution in [0.4, 0.5) is 10.1 Å². The molecular weight excluding hydrogens is 429 g/mol. The molecule has 0 aliphatic carbocycles. The van der Waals surface area contributed by atoms with E-state index in [2.05, 4.69) is 0 Å². The largest absolute Gasteiger partial charge is 0.507 e. The molecule has 5 heteroatoms. The first-order valence-corrected chi connectivity index (χ1v) is 11.3. The van der Waals surface area contributed by atoms with Crippen LogP contribution < -0.4 is 9.64 Å². The van der Waals surface area contributed by atoms with E-state index in [0.717, 1.165) is 23.1 Å². The van der Waals surface area contributed by atoms with Gasteiger partial charge in [-0.25, -0.2) is 4.39 Å². The number of phenols is 1. The normalized spacial score (nSPS) is 16.5. The van der Waals surface area contributed by atoms with Crippen LogP contribution in [-0.2, 0) is 11.2 Å². The first kappa shape index (κ1) is 20.5. The van der Waals surface area contributed by atoms with Crippen LogP contribution in [0.2, 0.25) is 0 Å². The summed E-state index contributed by atoms with van der Waals surface area (Å²) in [5.41, 5.74) is 4.52. The van der Waals surface area contributed by atoms with Crippen LogP contribution in [0.5, 0.6) is 11.5 Å². The molecule has 0 saturated heterocycles. The molecule has 2 aliphatic rings. The van der Waals surface area contributed by atoms with Gasteiger partial charge in [0.15, 0.2) is 0 Å². The van der Waals surface area contributed by atoms with Gasteiger partial charge in [-0.2, -0.15) is 0 Å². The lowest BCUT2D eigenvalue weighted by molar-refractivity contribution is -0.118. The number of ether oxygens (including phenoxy) is 1. The Kier molecular flexibility index (Phi) is 4.84. The van der Waals surface area contributed by atoms with E-state index >= 15 is 0 Å². The molecule has 0 spiro atoms. The topological polar surface area (TPSA) is 49.8 Å². The third-order valence-corrected chi connectivity index (χ3v) is 6.69. The number of halogens is 1. The molecule has 4 aromatic carbocycles. The number of amides is 1. The Bertz CT molecular complexity index is 1350. The fourth-order valence-corrected chi connectivity index (χ4v) is 5.15. The first-order valence-electron chi connectivity index (χ1n) is 11.3. The average Bonchev–Trinajstić information content (AvgIpc) is 3.42. The minimum Gasteiger partial charge on any atom is -0.507 e. The molecule has 34 heavy (non-hydrogen) atoms. The summed E-state index contributed by atoms with van der Waals surface area (Å²) in [7, 11) is 0. The van der Waals surface area contributed by atoms with Crippen LogP contribution >= 0.6 is 0 Å².